The molecule has 1 aliphatic heterocycles. The average Bonchev–Trinajstić information content (AvgIpc) is 2.78. The van der Waals surface area contributed by atoms with Crippen molar-refractivity contribution in [1.29, 1.82) is 0 Å². The number of amides is 1. The Kier molecular flexibility index (Phi) is 6.35. The van der Waals surface area contributed by atoms with Crippen molar-refractivity contribution in [1.82, 2.24) is 20.2 Å². The molecule has 0 saturated carbocycles. The maximum Gasteiger partial charge on any atom is 0.270 e. The molecule has 6 heteroatoms. The smallest absolute Gasteiger partial charge is 0.270 e. The van der Waals surface area contributed by atoms with Crippen LogP contribution in [0.5, 0.6) is 0 Å². The highest BCUT2D eigenvalue weighted by Crippen LogP contribution is 2.32. The maximum absolute atomic E-state index is 12.9. The first-order chi connectivity index (χ1) is 14.6. The van der Waals surface area contributed by atoms with Crippen molar-refractivity contribution in [3.63, 3.8) is 0 Å². The fourth-order valence-electron chi connectivity index (χ4n) is 3.96. The maximum atomic E-state index is 12.9. The number of hydrogen-bond donors (Lipinski definition) is 1. The van der Waals surface area contributed by atoms with Crippen molar-refractivity contribution in [2.24, 2.45) is 0 Å². The summed E-state index contributed by atoms with van der Waals surface area (Å²) in [6, 6.07) is 12.1. The van der Waals surface area contributed by atoms with Gasteiger partial charge in [0, 0.05) is 44.1 Å². The van der Waals surface area contributed by atoms with Gasteiger partial charge in [0.1, 0.15) is 5.69 Å². The van der Waals surface area contributed by atoms with Crippen molar-refractivity contribution in [2.75, 3.05) is 27.3 Å². The van der Waals surface area contributed by atoms with E-state index in [9.17, 15) is 4.79 Å². The van der Waals surface area contributed by atoms with Gasteiger partial charge < -0.3 is 15.0 Å². The molecule has 6 nitrogen and oxygen atoms in total. The number of aromatic nitrogens is 2. The van der Waals surface area contributed by atoms with Crippen molar-refractivity contribution < 1.29 is 9.53 Å². The quantitative estimate of drug-likeness (QED) is 0.681. The third kappa shape index (κ3) is 4.83. The van der Waals surface area contributed by atoms with Gasteiger partial charge in [0.2, 0.25) is 0 Å². The van der Waals surface area contributed by atoms with Crippen LogP contribution in [0.25, 0.3) is 10.9 Å². The SMILES string of the molecule is CN(C)Cc1ccc(CNC(=O)c2cc(C3CCOCC3)c3cnccc3n2)cc1. The van der Waals surface area contributed by atoms with Crippen LogP contribution in [0.1, 0.15) is 45.9 Å². The van der Waals surface area contributed by atoms with Gasteiger partial charge in [-0.15, -0.1) is 0 Å². The van der Waals surface area contributed by atoms with Crippen molar-refractivity contribution in [2.45, 2.75) is 31.8 Å². The third-order valence-corrected chi connectivity index (χ3v) is 5.51. The molecule has 1 amide bonds. The predicted molar refractivity (Wildman–Crippen MR) is 117 cm³/mol. The summed E-state index contributed by atoms with van der Waals surface area (Å²) >= 11 is 0. The van der Waals surface area contributed by atoms with E-state index < -0.39 is 0 Å². The fraction of sp³-hybridized carbons (Fsp3) is 0.375. The molecule has 0 aliphatic carbocycles. The molecular formula is C24H28N4O2. The molecule has 30 heavy (non-hydrogen) atoms. The highest BCUT2D eigenvalue weighted by molar-refractivity contribution is 5.96. The van der Waals surface area contributed by atoms with E-state index in [1.807, 2.05) is 18.3 Å². The lowest BCUT2D eigenvalue weighted by Crippen LogP contribution is -2.24. The fourth-order valence-corrected chi connectivity index (χ4v) is 3.96. The standard InChI is InChI=1S/C24H28N4O2/c1-28(2)16-18-5-3-17(4-6-18)14-26-24(29)23-13-20(19-8-11-30-12-9-19)21-15-25-10-7-22(21)27-23/h3-7,10,13,15,19H,8-9,11-12,14,16H2,1-2H3,(H,26,29). The van der Waals surface area contributed by atoms with Gasteiger partial charge in [0.05, 0.1) is 5.52 Å². The van der Waals surface area contributed by atoms with Gasteiger partial charge in [0.15, 0.2) is 0 Å². The Hall–Kier alpha value is -2.83. The van der Waals surface area contributed by atoms with E-state index >= 15 is 0 Å². The zero-order valence-electron chi connectivity index (χ0n) is 17.6. The Balaban J connectivity index is 1.51. The average molecular weight is 405 g/mol. The number of pyridine rings is 2. The van der Waals surface area contributed by atoms with Crippen LogP contribution in [0.3, 0.4) is 0 Å². The number of benzene rings is 1. The van der Waals surface area contributed by atoms with E-state index in [1.54, 1.807) is 6.20 Å². The summed E-state index contributed by atoms with van der Waals surface area (Å²) in [7, 11) is 4.10. The van der Waals surface area contributed by atoms with E-state index in [4.69, 9.17) is 4.74 Å². The van der Waals surface area contributed by atoms with Gasteiger partial charge in [-0.3, -0.25) is 9.78 Å². The molecule has 1 aliphatic rings. The molecule has 0 bridgehead atoms. The summed E-state index contributed by atoms with van der Waals surface area (Å²) < 4.78 is 5.51. The third-order valence-electron chi connectivity index (χ3n) is 5.51. The molecule has 1 aromatic carbocycles. The normalized spacial score (nSPS) is 14.9. The molecule has 4 rings (SSSR count). The van der Waals surface area contributed by atoms with Crippen LogP contribution in [-0.4, -0.2) is 48.1 Å². The zero-order valence-corrected chi connectivity index (χ0v) is 17.6. The van der Waals surface area contributed by atoms with Crippen LogP contribution in [0.2, 0.25) is 0 Å². The Labute approximate surface area is 177 Å². The molecule has 0 atom stereocenters. The molecule has 0 unspecified atom stereocenters. The first kappa shape index (κ1) is 20.4. The number of rotatable bonds is 6. The monoisotopic (exact) mass is 404 g/mol. The number of ether oxygens (including phenoxy) is 1. The summed E-state index contributed by atoms with van der Waals surface area (Å²) in [5, 5.41) is 4.04. The minimum absolute atomic E-state index is 0.153. The Bertz CT molecular complexity index is 1010. The van der Waals surface area contributed by atoms with Crippen LogP contribution in [0.15, 0.2) is 48.8 Å². The number of carbonyl (C=O) groups excluding carboxylic acids is 1. The molecule has 1 saturated heterocycles. The van der Waals surface area contributed by atoms with Gasteiger partial charge in [-0.1, -0.05) is 24.3 Å². The molecule has 0 radical (unpaired) electrons. The molecule has 2 aromatic heterocycles. The number of nitrogens with zero attached hydrogens (tertiary/aromatic N) is 3. The highest BCUT2D eigenvalue weighted by atomic mass is 16.5. The minimum atomic E-state index is -0.153. The van der Waals surface area contributed by atoms with Crippen LogP contribution in [0.4, 0.5) is 0 Å². The lowest BCUT2D eigenvalue weighted by molar-refractivity contribution is 0.0855. The topological polar surface area (TPSA) is 67.4 Å². The summed E-state index contributed by atoms with van der Waals surface area (Å²) in [5.41, 5.74) is 4.74. The molecule has 1 fully saturated rings. The lowest BCUT2D eigenvalue weighted by atomic mass is 9.89. The Morgan fingerprint density at radius 3 is 2.60 bits per heavy atom. The summed E-state index contributed by atoms with van der Waals surface area (Å²) in [5.74, 6) is 0.212. The number of fused-ring (bicyclic) bond motifs is 1. The minimum Gasteiger partial charge on any atom is -0.381 e. The number of hydrogen-bond acceptors (Lipinski definition) is 5. The number of nitrogens with one attached hydrogen (secondary N) is 1. The first-order valence-electron chi connectivity index (χ1n) is 10.4. The first-order valence-corrected chi connectivity index (χ1v) is 10.4. The van der Waals surface area contributed by atoms with Gasteiger partial charge in [-0.05, 0) is 61.7 Å². The second-order valence-corrected chi connectivity index (χ2v) is 8.11. The molecular weight excluding hydrogens is 376 g/mol. The molecule has 3 heterocycles. The van der Waals surface area contributed by atoms with Crippen LogP contribution < -0.4 is 5.32 Å². The lowest BCUT2D eigenvalue weighted by Gasteiger charge is -2.24. The van der Waals surface area contributed by atoms with Crippen LogP contribution in [-0.2, 0) is 17.8 Å². The Morgan fingerprint density at radius 2 is 1.87 bits per heavy atom. The molecule has 156 valence electrons. The van der Waals surface area contributed by atoms with Crippen molar-refractivity contribution in [3.8, 4) is 0 Å². The van der Waals surface area contributed by atoms with Crippen LogP contribution >= 0.6 is 0 Å². The molecule has 0 spiro atoms. The summed E-state index contributed by atoms with van der Waals surface area (Å²) in [6.45, 7) is 2.88. The largest absolute Gasteiger partial charge is 0.381 e. The van der Waals surface area contributed by atoms with E-state index in [-0.39, 0.29) is 5.91 Å². The number of carbonyl (C=O) groups is 1. The van der Waals surface area contributed by atoms with E-state index in [1.165, 1.54) is 5.56 Å². The van der Waals surface area contributed by atoms with Gasteiger partial charge in [-0.25, -0.2) is 4.98 Å². The van der Waals surface area contributed by atoms with Crippen LogP contribution in [0, 0.1) is 0 Å². The van der Waals surface area contributed by atoms with Crippen molar-refractivity contribution >= 4 is 16.8 Å². The van der Waals surface area contributed by atoms with E-state index in [0.29, 0.717) is 18.2 Å². The van der Waals surface area contributed by atoms with E-state index in [2.05, 4.69) is 58.5 Å². The predicted octanol–water partition coefficient (Wildman–Crippen LogP) is 3.52. The second kappa shape index (κ2) is 9.32. The Morgan fingerprint density at radius 1 is 1.13 bits per heavy atom. The summed E-state index contributed by atoms with van der Waals surface area (Å²) in [4.78, 5) is 23.9. The second-order valence-electron chi connectivity index (χ2n) is 8.11. The van der Waals surface area contributed by atoms with Gasteiger partial charge in [-0.2, -0.15) is 0 Å². The summed E-state index contributed by atoms with van der Waals surface area (Å²) in [6.07, 6.45) is 5.48. The van der Waals surface area contributed by atoms with Gasteiger partial charge in [0.25, 0.3) is 5.91 Å². The molecule has 3 aromatic rings. The van der Waals surface area contributed by atoms with E-state index in [0.717, 1.165) is 54.6 Å². The van der Waals surface area contributed by atoms with Crippen molar-refractivity contribution in [3.05, 3.63) is 71.2 Å². The van der Waals surface area contributed by atoms with Gasteiger partial charge >= 0.3 is 0 Å². The zero-order chi connectivity index (χ0) is 20.9. The highest BCUT2D eigenvalue weighted by Gasteiger charge is 2.21. The molecule has 1 N–H and O–H groups in total.